The SMILES string of the molecule is COc1cc2c(cc1OC)CN(C(=O)C(C)NC(CCC1=CCCC=C1)C(=O)OCCCCON(O)O)C(C(=O)O)C2. The molecule has 232 valence electrons. The summed E-state index contributed by atoms with van der Waals surface area (Å²) in [6, 6.07) is 0.706. The van der Waals surface area contributed by atoms with Crippen molar-refractivity contribution in [3.63, 3.8) is 0 Å². The minimum Gasteiger partial charge on any atom is -0.493 e. The van der Waals surface area contributed by atoms with Crippen LogP contribution in [0.2, 0.25) is 0 Å². The van der Waals surface area contributed by atoms with Gasteiger partial charge in [0.25, 0.3) is 0 Å². The fraction of sp³-hybridized carbons (Fsp3) is 0.552. The standard InChI is InChI=1S/C29H41N3O10/c1-19(27(33)31-18-22-17-26(40-3)25(39-2)16-21(22)15-24(31)28(34)35)30-23(12-11-20-9-5-4-6-10-20)29(36)41-13-7-8-14-42-32(37)38/h5,9-10,16-17,19,23-24,30,37-38H,4,6-8,11-15,18H2,1-3H3,(H,34,35). The zero-order valence-corrected chi connectivity index (χ0v) is 24.3. The third-order valence-corrected chi connectivity index (χ3v) is 7.29. The topological polar surface area (TPSA) is 167 Å². The number of rotatable bonds is 16. The summed E-state index contributed by atoms with van der Waals surface area (Å²) in [5, 5.41) is 29.9. The Morgan fingerprint density at radius 3 is 2.38 bits per heavy atom. The molecule has 0 saturated heterocycles. The Hall–Kier alpha value is -3.49. The van der Waals surface area contributed by atoms with E-state index in [1.54, 1.807) is 19.1 Å². The summed E-state index contributed by atoms with van der Waals surface area (Å²) >= 11 is 0. The maximum Gasteiger partial charge on any atom is 0.326 e. The molecule has 0 spiro atoms. The van der Waals surface area contributed by atoms with Crippen molar-refractivity contribution in [2.24, 2.45) is 0 Å². The number of allylic oxidation sites excluding steroid dienone is 4. The van der Waals surface area contributed by atoms with Crippen LogP contribution in [0.15, 0.2) is 35.9 Å². The Morgan fingerprint density at radius 1 is 1.07 bits per heavy atom. The Morgan fingerprint density at radius 2 is 1.76 bits per heavy atom. The molecule has 13 nitrogen and oxygen atoms in total. The molecule has 0 saturated carbocycles. The van der Waals surface area contributed by atoms with Crippen LogP contribution in [0.5, 0.6) is 11.5 Å². The van der Waals surface area contributed by atoms with E-state index in [0.29, 0.717) is 37.2 Å². The monoisotopic (exact) mass is 591 g/mol. The number of carbonyl (C=O) groups excluding carboxylic acids is 2. The van der Waals surface area contributed by atoms with Crippen molar-refractivity contribution in [1.82, 2.24) is 15.6 Å². The van der Waals surface area contributed by atoms with Gasteiger partial charge >= 0.3 is 11.9 Å². The lowest BCUT2D eigenvalue weighted by atomic mass is 9.92. The molecule has 3 atom stereocenters. The molecule has 0 bridgehead atoms. The molecule has 42 heavy (non-hydrogen) atoms. The van der Waals surface area contributed by atoms with Gasteiger partial charge in [0.05, 0.1) is 38.9 Å². The molecule has 0 fully saturated rings. The number of nitrogens with one attached hydrogen (secondary N) is 1. The predicted octanol–water partition coefficient (Wildman–Crippen LogP) is 2.78. The second-order valence-corrected chi connectivity index (χ2v) is 10.2. The Bertz CT molecular complexity index is 1150. The van der Waals surface area contributed by atoms with Crippen LogP contribution >= 0.6 is 0 Å². The fourth-order valence-corrected chi connectivity index (χ4v) is 5.04. The molecule has 1 aromatic carbocycles. The van der Waals surface area contributed by atoms with Gasteiger partial charge in [-0.05, 0) is 68.7 Å². The largest absolute Gasteiger partial charge is 0.493 e. The number of hydrogen-bond acceptors (Lipinski definition) is 11. The fourth-order valence-electron chi connectivity index (χ4n) is 5.04. The van der Waals surface area contributed by atoms with Gasteiger partial charge in [0.2, 0.25) is 5.91 Å². The van der Waals surface area contributed by atoms with E-state index in [4.69, 9.17) is 24.6 Å². The van der Waals surface area contributed by atoms with E-state index in [9.17, 15) is 19.5 Å². The van der Waals surface area contributed by atoms with E-state index in [1.807, 2.05) is 6.08 Å². The van der Waals surface area contributed by atoms with E-state index in [1.165, 1.54) is 19.1 Å². The molecule has 13 heteroatoms. The van der Waals surface area contributed by atoms with Crippen molar-refractivity contribution in [2.75, 3.05) is 27.4 Å². The summed E-state index contributed by atoms with van der Waals surface area (Å²) in [6.45, 7) is 1.78. The molecular weight excluding hydrogens is 550 g/mol. The first-order chi connectivity index (χ1) is 20.1. The second kappa shape index (κ2) is 16.2. The number of aliphatic carboxylic acids is 1. The number of carboxylic acids is 1. The number of nitrogens with zero attached hydrogens (tertiary/aromatic N) is 2. The van der Waals surface area contributed by atoms with Gasteiger partial charge in [-0.2, -0.15) is 0 Å². The van der Waals surface area contributed by atoms with Crippen LogP contribution in [0.1, 0.15) is 56.6 Å². The third-order valence-electron chi connectivity index (χ3n) is 7.29. The number of carbonyl (C=O) groups is 3. The summed E-state index contributed by atoms with van der Waals surface area (Å²) in [5.74, 6) is -1.15. The van der Waals surface area contributed by atoms with Crippen molar-refractivity contribution in [3.8, 4) is 11.5 Å². The lowest BCUT2D eigenvalue weighted by Crippen LogP contribution is -2.56. The van der Waals surface area contributed by atoms with Crippen LogP contribution in [0.3, 0.4) is 0 Å². The lowest BCUT2D eigenvalue weighted by molar-refractivity contribution is -0.492. The number of unbranched alkanes of at least 4 members (excludes halogenated alkanes) is 1. The van der Waals surface area contributed by atoms with Gasteiger partial charge < -0.3 is 24.2 Å². The molecule has 1 heterocycles. The van der Waals surface area contributed by atoms with Gasteiger partial charge in [-0.1, -0.05) is 23.8 Å². The molecule has 1 aromatic rings. The van der Waals surface area contributed by atoms with Gasteiger partial charge in [-0.15, -0.1) is 0 Å². The molecule has 0 radical (unpaired) electrons. The van der Waals surface area contributed by atoms with Crippen molar-refractivity contribution >= 4 is 17.8 Å². The zero-order chi connectivity index (χ0) is 30.6. The molecule has 3 unspecified atom stereocenters. The summed E-state index contributed by atoms with van der Waals surface area (Å²) in [4.78, 5) is 44.8. The minimum atomic E-state index is -1.13. The Labute approximate surface area is 245 Å². The number of methoxy groups -OCH3 is 2. The molecule has 3 rings (SSSR count). The number of carboxylic acid groups (broad SMARTS) is 1. The number of benzene rings is 1. The highest BCUT2D eigenvalue weighted by Gasteiger charge is 2.38. The maximum atomic E-state index is 13.7. The van der Waals surface area contributed by atoms with E-state index in [2.05, 4.69) is 22.3 Å². The molecule has 2 aliphatic rings. The number of esters is 1. The van der Waals surface area contributed by atoms with Crippen LogP contribution in [0.4, 0.5) is 0 Å². The number of ether oxygens (including phenoxy) is 3. The van der Waals surface area contributed by atoms with E-state index in [0.717, 1.165) is 29.5 Å². The van der Waals surface area contributed by atoms with Gasteiger partial charge in [0, 0.05) is 13.0 Å². The molecule has 0 aromatic heterocycles. The van der Waals surface area contributed by atoms with Gasteiger partial charge in [0.15, 0.2) is 11.5 Å². The first-order valence-corrected chi connectivity index (χ1v) is 14.0. The lowest BCUT2D eigenvalue weighted by Gasteiger charge is -2.37. The Balaban J connectivity index is 1.70. The van der Waals surface area contributed by atoms with Crippen molar-refractivity contribution < 1.29 is 49.0 Å². The smallest absolute Gasteiger partial charge is 0.326 e. The summed E-state index contributed by atoms with van der Waals surface area (Å²) in [7, 11) is 3.01. The normalized spacial score (nSPS) is 17.7. The van der Waals surface area contributed by atoms with Gasteiger partial charge in [-0.25, -0.2) is 4.79 Å². The summed E-state index contributed by atoms with van der Waals surface area (Å²) < 4.78 is 16.2. The number of fused-ring (bicyclic) bond motifs is 1. The van der Waals surface area contributed by atoms with E-state index >= 15 is 0 Å². The number of hydrogen-bond donors (Lipinski definition) is 4. The highest BCUT2D eigenvalue weighted by atomic mass is 17.1. The van der Waals surface area contributed by atoms with Crippen LogP contribution in [-0.4, -0.2) is 89.2 Å². The average Bonchev–Trinajstić information content (AvgIpc) is 2.99. The highest BCUT2D eigenvalue weighted by Crippen LogP contribution is 2.35. The summed E-state index contributed by atoms with van der Waals surface area (Å²) in [6.07, 6.45) is 10.0. The van der Waals surface area contributed by atoms with Crippen LogP contribution < -0.4 is 14.8 Å². The van der Waals surface area contributed by atoms with Crippen LogP contribution in [0, 0.1) is 0 Å². The predicted molar refractivity (Wildman–Crippen MR) is 149 cm³/mol. The van der Waals surface area contributed by atoms with Crippen molar-refractivity contribution in [3.05, 3.63) is 47.1 Å². The van der Waals surface area contributed by atoms with Crippen LogP contribution in [-0.2, 0) is 36.9 Å². The molecule has 1 amide bonds. The molecule has 1 aliphatic carbocycles. The average molecular weight is 592 g/mol. The van der Waals surface area contributed by atoms with Crippen LogP contribution in [0.25, 0.3) is 0 Å². The Kier molecular flexibility index (Phi) is 12.8. The second-order valence-electron chi connectivity index (χ2n) is 10.2. The quantitative estimate of drug-likeness (QED) is 0.126. The maximum absolute atomic E-state index is 13.7. The third kappa shape index (κ3) is 9.26. The van der Waals surface area contributed by atoms with E-state index in [-0.39, 0.29) is 31.6 Å². The zero-order valence-electron chi connectivity index (χ0n) is 24.3. The van der Waals surface area contributed by atoms with E-state index < -0.39 is 36.0 Å². The minimum absolute atomic E-state index is 0.0284. The number of amides is 1. The molecular formula is C29H41N3O10. The molecule has 1 aliphatic heterocycles. The summed E-state index contributed by atoms with van der Waals surface area (Å²) in [5.41, 5.74) is 2.61. The first-order valence-electron chi connectivity index (χ1n) is 14.0. The van der Waals surface area contributed by atoms with Crippen molar-refractivity contribution in [1.29, 1.82) is 0 Å². The van der Waals surface area contributed by atoms with Gasteiger partial charge in [0.1, 0.15) is 12.1 Å². The highest BCUT2D eigenvalue weighted by molar-refractivity contribution is 5.88. The first kappa shape index (κ1) is 33.0. The van der Waals surface area contributed by atoms with Gasteiger partial charge in [-0.3, -0.25) is 30.2 Å². The van der Waals surface area contributed by atoms with Crippen molar-refractivity contribution in [2.45, 2.75) is 76.5 Å². The molecule has 4 N–H and O–H groups in total.